The highest BCUT2D eigenvalue weighted by Gasteiger charge is 2.10. The van der Waals surface area contributed by atoms with Crippen molar-refractivity contribution in [1.29, 1.82) is 0 Å². The molecule has 2 unspecified atom stereocenters. The fraction of sp³-hybridized carbons (Fsp3) is 0.500. The number of benzene rings is 1. The molecule has 6 heteroatoms. The Morgan fingerprint density at radius 3 is 2.72 bits per heavy atom. The molecular formula is C12H20N3O2S-. The van der Waals surface area contributed by atoms with Crippen LogP contribution >= 0.6 is 0 Å². The molecule has 5 nitrogen and oxygen atoms in total. The summed E-state index contributed by atoms with van der Waals surface area (Å²) in [5, 5.41) is 0. The molecule has 18 heavy (non-hydrogen) atoms. The molecule has 102 valence electrons. The number of aryl methyl sites for hydroxylation is 1. The molecule has 0 aliphatic heterocycles. The second-order valence-electron chi connectivity index (χ2n) is 4.33. The van der Waals surface area contributed by atoms with E-state index < -0.39 is 11.3 Å². The van der Waals surface area contributed by atoms with Gasteiger partial charge in [-0.3, -0.25) is 4.21 Å². The van der Waals surface area contributed by atoms with Crippen molar-refractivity contribution in [1.82, 2.24) is 4.72 Å². The van der Waals surface area contributed by atoms with Crippen molar-refractivity contribution in [2.45, 2.75) is 26.8 Å². The van der Waals surface area contributed by atoms with Crippen LogP contribution in [-0.4, -0.2) is 27.9 Å². The van der Waals surface area contributed by atoms with Crippen LogP contribution in [0.4, 0.5) is 11.4 Å². The van der Waals surface area contributed by atoms with E-state index in [4.69, 9.17) is 5.73 Å². The van der Waals surface area contributed by atoms with E-state index in [2.05, 4.69) is 9.62 Å². The van der Waals surface area contributed by atoms with Gasteiger partial charge in [0, 0.05) is 41.8 Å². The van der Waals surface area contributed by atoms with Crippen molar-refractivity contribution >= 4 is 22.6 Å². The zero-order valence-corrected chi connectivity index (χ0v) is 11.8. The second kappa shape index (κ2) is 6.72. The van der Waals surface area contributed by atoms with Gasteiger partial charge in [-0.25, -0.2) is 4.72 Å². The van der Waals surface area contributed by atoms with Gasteiger partial charge < -0.3 is 15.2 Å². The van der Waals surface area contributed by atoms with Crippen LogP contribution in [0.15, 0.2) is 18.2 Å². The Hall–Kier alpha value is -1.11. The average molecular weight is 270 g/mol. The van der Waals surface area contributed by atoms with Crippen molar-refractivity contribution in [3.8, 4) is 0 Å². The van der Waals surface area contributed by atoms with E-state index in [-0.39, 0.29) is 6.04 Å². The maximum absolute atomic E-state index is 10.6. The van der Waals surface area contributed by atoms with Crippen LogP contribution in [0.25, 0.3) is 0 Å². The summed E-state index contributed by atoms with van der Waals surface area (Å²) in [6.45, 7) is 7.25. The summed E-state index contributed by atoms with van der Waals surface area (Å²) in [6.07, 6.45) is 0. The third kappa shape index (κ3) is 4.29. The average Bonchev–Trinajstić information content (AvgIpc) is 2.29. The standard InChI is InChI=1S/C12H21N3O2S/c1-4-15(8-10(3)14-18(16)17)11-5-6-12(13)9(2)7-11/h5-7,10,14H,4,8,13H2,1-3H3,(H,16,17)/p-1. The Kier molecular flexibility index (Phi) is 5.58. The third-order valence-corrected chi connectivity index (χ3v) is 3.39. The van der Waals surface area contributed by atoms with Crippen LogP contribution in [-0.2, 0) is 11.3 Å². The van der Waals surface area contributed by atoms with Gasteiger partial charge in [0.2, 0.25) is 0 Å². The minimum absolute atomic E-state index is 0.138. The highest BCUT2D eigenvalue weighted by molar-refractivity contribution is 7.77. The molecular weight excluding hydrogens is 250 g/mol. The van der Waals surface area contributed by atoms with Gasteiger partial charge in [0.15, 0.2) is 0 Å². The molecule has 0 aromatic heterocycles. The fourth-order valence-electron chi connectivity index (χ4n) is 1.81. The number of nitrogens with zero attached hydrogens (tertiary/aromatic N) is 1. The van der Waals surface area contributed by atoms with Gasteiger partial charge in [-0.1, -0.05) is 0 Å². The smallest absolute Gasteiger partial charge is 0.0370 e. The van der Waals surface area contributed by atoms with E-state index in [1.165, 1.54) is 0 Å². The molecule has 0 amide bonds. The highest BCUT2D eigenvalue weighted by atomic mass is 32.2. The Balaban J connectivity index is 2.76. The lowest BCUT2D eigenvalue weighted by atomic mass is 10.1. The molecule has 3 N–H and O–H groups in total. The highest BCUT2D eigenvalue weighted by Crippen LogP contribution is 2.20. The van der Waals surface area contributed by atoms with Crippen molar-refractivity contribution in [3.05, 3.63) is 23.8 Å². The van der Waals surface area contributed by atoms with Crippen molar-refractivity contribution in [2.75, 3.05) is 23.7 Å². The number of likely N-dealkylation sites (N-methyl/N-ethyl adjacent to an activating group) is 1. The second-order valence-corrected chi connectivity index (χ2v) is 5.04. The lowest BCUT2D eigenvalue weighted by Gasteiger charge is -2.28. The van der Waals surface area contributed by atoms with Crippen LogP contribution < -0.4 is 15.4 Å². The molecule has 1 aromatic rings. The Labute approximate surface area is 111 Å². The first-order valence-corrected chi connectivity index (χ1v) is 6.98. The lowest BCUT2D eigenvalue weighted by molar-refractivity contribution is 0.507. The predicted octanol–water partition coefficient (Wildman–Crippen LogP) is 1.18. The summed E-state index contributed by atoms with van der Waals surface area (Å²) < 4.78 is 23.6. The number of hydrogen-bond acceptors (Lipinski definition) is 4. The zero-order chi connectivity index (χ0) is 13.7. The number of anilines is 2. The monoisotopic (exact) mass is 270 g/mol. The molecule has 0 saturated heterocycles. The molecule has 0 aliphatic carbocycles. The van der Waals surface area contributed by atoms with Gasteiger partial charge in [0.1, 0.15) is 0 Å². The van der Waals surface area contributed by atoms with E-state index in [9.17, 15) is 8.76 Å². The molecule has 0 heterocycles. The van der Waals surface area contributed by atoms with E-state index >= 15 is 0 Å². The number of hydrogen-bond donors (Lipinski definition) is 2. The Morgan fingerprint density at radius 1 is 1.56 bits per heavy atom. The predicted molar refractivity (Wildman–Crippen MR) is 75.0 cm³/mol. The van der Waals surface area contributed by atoms with Gasteiger partial charge >= 0.3 is 0 Å². The van der Waals surface area contributed by atoms with Gasteiger partial charge in [0.25, 0.3) is 0 Å². The molecule has 2 atom stereocenters. The van der Waals surface area contributed by atoms with E-state index in [0.29, 0.717) is 6.54 Å². The van der Waals surface area contributed by atoms with Crippen LogP contribution in [0.1, 0.15) is 19.4 Å². The van der Waals surface area contributed by atoms with Crippen molar-refractivity contribution in [2.24, 2.45) is 0 Å². The van der Waals surface area contributed by atoms with Gasteiger partial charge in [-0.15, -0.1) is 0 Å². The molecule has 0 spiro atoms. The van der Waals surface area contributed by atoms with Crippen LogP contribution in [0.3, 0.4) is 0 Å². The van der Waals surface area contributed by atoms with E-state index in [1.54, 1.807) is 0 Å². The summed E-state index contributed by atoms with van der Waals surface area (Å²) in [4.78, 5) is 2.11. The van der Waals surface area contributed by atoms with Crippen LogP contribution in [0.5, 0.6) is 0 Å². The first-order chi connectivity index (χ1) is 8.43. The van der Waals surface area contributed by atoms with Crippen molar-refractivity contribution < 1.29 is 8.76 Å². The van der Waals surface area contributed by atoms with Gasteiger partial charge in [-0.05, 0) is 44.5 Å². The quantitative estimate of drug-likeness (QED) is 0.600. The van der Waals surface area contributed by atoms with E-state index in [1.807, 2.05) is 39.0 Å². The topological polar surface area (TPSA) is 81.4 Å². The number of nitrogen functional groups attached to an aromatic ring is 1. The molecule has 1 aromatic carbocycles. The molecule has 0 bridgehead atoms. The lowest BCUT2D eigenvalue weighted by Crippen LogP contribution is -2.40. The summed E-state index contributed by atoms with van der Waals surface area (Å²) >= 11 is -2.23. The molecule has 0 fully saturated rings. The molecule has 0 aliphatic rings. The summed E-state index contributed by atoms with van der Waals surface area (Å²) in [5.74, 6) is 0. The Morgan fingerprint density at radius 2 is 2.22 bits per heavy atom. The molecule has 0 saturated carbocycles. The van der Waals surface area contributed by atoms with Crippen molar-refractivity contribution in [3.63, 3.8) is 0 Å². The minimum atomic E-state index is -2.23. The summed E-state index contributed by atoms with van der Waals surface area (Å²) in [7, 11) is 0. The van der Waals surface area contributed by atoms with Crippen LogP contribution in [0.2, 0.25) is 0 Å². The number of nitrogens with two attached hydrogens (primary N) is 1. The molecule has 0 radical (unpaired) electrons. The normalized spacial score (nSPS) is 14.2. The largest absolute Gasteiger partial charge is 0.760 e. The zero-order valence-electron chi connectivity index (χ0n) is 11.0. The minimum Gasteiger partial charge on any atom is -0.760 e. The van der Waals surface area contributed by atoms with Gasteiger partial charge in [0.05, 0.1) is 0 Å². The summed E-state index contributed by atoms with van der Waals surface area (Å²) in [5.41, 5.74) is 8.63. The Bertz CT molecular complexity index is 426. The summed E-state index contributed by atoms with van der Waals surface area (Å²) in [6, 6.07) is 5.70. The maximum atomic E-state index is 10.6. The maximum Gasteiger partial charge on any atom is 0.0370 e. The van der Waals surface area contributed by atoms with Gasteiger partial charge in [-0.2, -0.15) is 0 Å². The first-order valence-electron chi connectivity index (χ1n) is 5.90. The number of nitrogens with one attached hydrogen (secondary N) is 1. The van der Waals surface area contributed by atoms with Crippen LogP contribution in [0, 0.1) is 6.92 Å². The first kappa shape index (κ1) is 14.9. The number of rotatable bonds is 6. The SMILES string of the molecule is CCN(CC(C)NS(=O)[O-])c1ccc(N)c(C)c1. The van der Waals surface area contributed by atoms with E-state index in [0.717, 1.165) is 23.5 Å². The third-order valence-electron chi connectivity index (χ3n) is 2.79. The fourth-order valence-corrected chi connectivity index (χ4v) is 2.21. The molecule has 1 rings (SSSR count).